The van der Waals surface area contributed by atoms with Crippen molar-refractivity contribution in [2.24, 2.45) is 0 Å². The van der Waals surface area contributed by atoms with Gasteiger partial charge in [0.25, 0.3) is 0 Å². The minimum absolute atomic E-state index is 0.466. The van der Waals surface area contributed by atoms with Crippen LogP contribution in [0.2, 0.25) is 5.28 Å². The van der Waals surface area contributed by atoms with Gasteiger partial charge < -0.3 is 0 Å². The molecule has 0 unspecified atom stereocenters. The molecule has 0 fully saturated rings. The van der Waals surface area contributed by atoms with E-state index in [4.69, 9.17) is 11.6 Å². The number of hydrogen-bond acceptors (Lipinski definition) is 3. The van der Waals surface area contributed by atoms with E-state index < -0.39 is 0 Å². The summed E-state index contributed by atoms with van der Waals surface area (Å²) in [5, 5.41) is 10.5. The molecule has 2 heterocycles. The molecule has 0 aliphatic rings. The highest BCUT2D eigenvalue weighted by atomic mass is 79.9. The van der Waals surface area contributed by atoms with E-state index in [1.54, 1.807) is 11.3 Å². The SMILES string of the molecule is CCCc1nnc(Cl)n1Cc1cc(Br)cs1. The van der Waals surface area contributed by atoms with Crippen molar-refractivity contribution in [3.63, 3.8) is 0 Å². The maximum absolute atomic E-state index is 6.02. The smallest absolute Gasteiger partial charge is 0.225 e. The van der Waals surface area contributed by atoms with Crippen LogP contribution in [0.1, 0.15) is 24.0 Å². The van der Waals surface area contributed by atoms with Gasteiger partial charge in [-0.05, 0) is 40.0 Å². The molecule has 6 heteroatoms. The van der Waals surface area contributed by atoms with Crippen molar-refractivity contribution in [1.82, 2.24) is 14.8 Å². The summed E-state index contributed by atoms with van der Waals surface area (Å²) >= 11 is 11.2. The Balaban J connectivity index is 2.22. The zero-order chi connectivity index (χ0) is 11.5. The molecule has 86 valence electrons. The predicted molar refractivity (Wildman–Crippen MR) is 70.1 cm³/mol. The van der Waals surface area contributed by atoms with Crippen LogP contribution in [0.15, 0.2) is 15.9 Å². The van der Waals surface area contributed by atoms with Gasteiger partial charge >= 0.3 is 0 Å². The summed E-state index contributed by atoms with van der Waals surface area (Å²) < 4.78 is 3.07. The Bertz CT molecular complexity index is 480. The summed E-state index contributed by atoms with van der Waals surface area (Å²) in [6, 6.07) is 2.09. The second-order valence-electron chi connectivity index (χ2n) is 3.45. The maximum Gasteiger partial charge on any atom is 0.225 e. The second kappa shape index (κ2) is 5.29. The molecule has 0 radical (unpaired) electrons. The van der Waals surface area contributed by atoms with E-state index in [1.165, 1.54) is 4.88 Å². The number of thiophene rings is 1. The number of rotatable bonds is 4. The number of halogens is 2. The molecule has 2 aromatic rings. The standard InChI is InChI=1S/C10H11BrClN3S/c1-2-3-9-13-14-10(12)15(9)5-8-4-7(11)6-16-8/h4,6H,2-3,5H2,1H3. The van der Waals surface area contributed by atoms with Gasteiger partial charge in [0.2, 0.25) is 5.28 Å². The van der Waals surface area contributed by atoms with Crippen LogP contribution < -0.4 is 0 Å². The van der Waals surface area contributed by atoms with Crippen LogP contribution in [0.4, 0.5) is 0 Å². The number of aromatic nitrogens is 3. The van der Waals surface area contributed by atoms with Crippen LogP contribution >= 0.6 is 38.9 Å². The highest BCUT2D eigenvalue weighted by molar-refractivity contribution is 9.10. The molecule has 0 amide bonds. The molecule has 0 N–H and O–H groups in total. The van der Waals surface area contributed by atoms with Gasteiger partial charge in [-0.25, -0.2) is 0 Å². The third-order valence-corrected chi connectivity index (χ3v) is 4.15. The fourth-order valence-electron chi connectivity index (χ4n) is 1.47. The van der Waals surface area contributed by atoms with Gasteiger partial charge in [-0.2, -0.15) is 0 Å². The Morgan fingerprint density at radius 3 is 2.94 bits per heavy atom. The van der Waals surface area contributed by atoms with Crippen LogP contribution in [-0.2, 0) is 13.0 Å². The van der Waals surface area contributed by atoms with Crippen molar-refractivity contribution in [3.05, 3.63) is 31.9 Å². The third-order valence-electron chi connectivity index (χ3n) is 2.19. The van der Waals surface area contributed by atoms with Crippen molar-refractivity contribution in [2.75, 3.05) is 0 Å². The van der Waals surface area contributed by atoms with Crippen molar-refractivity contribution >= 4 is 38.9 Å². The van der Waals surface area contributed by atoms with Gasteiger partial charge in [0, 0.05) is 21.2 Å². The Morgan fingerprint density at radius 2 is 2.31 bits per heavy atom. The van der Waals surface area contributed by atoms with Gasteiger partial charge in [0.05, 0.1) is 6.54 Å². The molecule has 2 rings (SSSR count). The largest absolute Gasteiger partial charge is 0.296 e. The first-order valence-electron chi connectivity index (χ1n) is 5.01. The van der Waals surface area contributed by atoms with E-state index in [-0.39, 0.29) is 0 Å². The summed E-state index contributed by atoms with van der Waals surface area (Å²) in [4.78, 5) is 1.24. The lowest BCUT2D eigenvalue weighted by molar-refractivity contribution is 0.711. The minimum Gasteiger partial charge on any atom is -0.296 e. The molecule has 0 aliphatic heterocycles. The average Bonchev–Trinajstić information content (AvgIpc) is 2.79. The quantitative estimate of drug-likeness (QED) is 0.859. The normalized spacial score (nSPS) is 10.9. The third kappa shape index (κ3) is 2.64. The monoisotopic (exact) mass is 319 g/mol. The first-order valence-corrected chi connectivity index (χ1v) is 7.06. The van der Waals surface area contributed by atoms with E-state index >= 15 is 0 Å². The summed E-state index contributed by atoms with van der Waals surface area (Å²) in [6.45, 7) is 2.87. The summed E-state index contributed by atoms with van der Waals surface area (Å²) in [7, 11) is 0. The predicted octanol–water partition coefficient (Wildman–Crippen LogP) is 3.76. The van der Waals surface area contributed by atoms with Gasteiger partial charge in [-0.1, -0.05) is 6.92 Å². The average molecular weight is 321 g/mol. The lowest BCUT2D eigenvalue weighted by Gasteiger charge is -2.04. The van der Waals surface area contributed by atoms with Crippen molar-refractivity contribution in [3.8, 4) is 0 Å². The van der Waals surface area contributed by atoms with Gasteiger partial charge in [0.15, 0.2) is 0 Å². The van der Waals surface area contributed by atoms with E-state index in [1.807, 2.05) is 4.57 Å². The molecular weight excluding hydrogens is 310 g/mol. The number of nitrogens with zero attached hydrogens (tertiary/aromatic N) is 3. The zero-order valence-corrected chi connectivity index (χ0v) is 11.9. The van der Waals surface area contributed by atoms with E-state index in [9.17, 15) is 0 Å². The van der Waals surface area contributed by atoms with Gasteiger partial charge in [0.1, 0.15) is 5.82 Å². The molecule has 0 aliphatic carbocycles. The van der Waals surface area contributed by atoms with Crippen LogP contribution in [-0.4, -0.2) is 14.8 Å². The van der Waals surface area contributed by atoms with Gasteiger partial charge in [-0.3, -0.25) is 4.57 Å². The molecule has 0 aromatic carbocycles. The molecule has 3 nitrogen and oxygen atoms in total. The highest BCUT2D eigenvalue weighted by Gasteiger charge is 2.10. The lowest BCUT2D eigenvalue weighted by Crippen LogP contribution is -2.04. The summed E-state index contributed by atoms with van der Waals surface area (Å²) in [5.41, 5.74) is 0. The van der Waals surface area contributed by atoms with Crippen LogP contribution in [0, 0.1) is 0 Å². The number of aryl methyl sites for hydroxylation is 1. The summed E-state index contributed by atoms with van der Waals surface area (Å²) in [6.07, 6.45) is 1.95. The molecule has 0 bridgehead atoms. The minimum atomic E-state index is 0.466. The molecule has 0 saturated heterocycles. The van der Waals surface area contributed by atoms with E-state index in [2.05, 4.69) is 44.5 Å². The first kappa shape index (κ1) is 12.1. The zero-order valence-electron chi connectivity index (χ0n) is 8.78. The topological polar surface area (TPSA) is 30.7 Å². The van der Waals surface area contributed by atoms with Crippen molar-refractivity contribution in [2.45, 2.75) is 26.3 Å². The molecule has 0 spiro atoms. The fraction of sp³-hybridized carbons (Fsp3) is 0.400. The lowest BCUT2D eigenvalue weighted by atomic mass is 10.3. The Hall–Kier alpha value is -0.390. The fourth-order valence-corrected chi connectivity index (χ4v) is 3.11. The van der Waals surface area contributed by atoms with Gasteiger partial charge in [-0.15, -0.1) is 21.5 Å². The first-order chi connectivity index (χ1) is 7.70. The summed E-state index contributed by atoms with van der Waals surface area (Å²) in [5.74, 6) is 0.956. The Labute approximate surface area is 112 Å². The molecule has 16 heavy (non-hydrogen) atoms. The maximum atomic E-state index is 6.02. The Morgan fingerprint density at radius 1 is 1.50 bits per heavy atom. The number of hydrogen-bond donors (Lipinski definition) is 0. The van der Waals surface area contributed by atoms with E-state index in [0.717, 1.165) is 29.7 Å². The molecule has 0 atom stereocenters. The molecule has 0 saturated carbocycles. The highest BCUT2D eigenvalue weighted by Crippen LogP contribution is 2.22. The van der Waals surface area contributed by atoms with Crippen molar-refractivity contribution < 1.29 is 0 Å². The van der Waals surface area contributed by atoms with Crippen LogP contribution in [0.3, 0.4) is 0 Å². The van der Waals surface area contributed by atoms with Crippen LogP contribution in [0.25, 0.3) is 0 Å². The Kier molecular flexibility index (Phi) is 4.00. The second-order valence-corrected chi connectivity index (χ2v) is 5.70. The molecular formula is C10H11BrClN3S. The molecule has 2 aromatic heterocycles. The van der Waals surface area contributed by atoms with E-state index in [0.29, 0.717) is 5.28 Å². The van der Waals surface area contributed by atoms with Crippen LogP contribution in [0.5, 0.6) is 0 Å². The van der Waals surface area contributed by atoms with Crippen molar-refractivity contribution in [1.29, 1.82) is 0 Å².